The van der Waals surface area contributed by atoms with E-state index in [1.54, 1.807) is 6.07 Å². The summed E-state index contributed by atoms with van der Waals surface area (Å²) >= 11 is 7.62. The van der Waals surface area contributed by atoms with Crippen LogP contribution in [0.25, 0.3) is 0 Å². The fourth-order valence-electron chi connectivity index (χ4n) is 3.09. The maximum absolute atomic E-state index is 12.3. The largest absolute Gasteiger partial charge is 0.484 e. The van der Waals surface area contributed by atoms with Crippen molar-refractivity contribution in [2.24, 2.45) is 0 Å². The van der Waals surface area contributed by atoms with E-state index in [-0.39, 0.29) is 5.91 Å². The molecule has 1 aromatic heterocycles. The van der Waals surface area contributed by atoms with Crippen LogP contribution < -0.4 is 4.74 Å². The van der Waals surface area contributed by atoms with Crippen molar-refractivity contribution >= 4 is 29.3 Å². The van der Waals surface area contributed by atoms with E-state index in [9.17, 15) is 4.79 Å². The summed E-state index contributed by atoms with van der Waals surface area (Å²) in [5.41, 5.74) is 0. The first-order chi connectivity index (χ1) is 12.7. The van der Waals surface area contributed by atoms with Gasteiger partial charge in [-0.3, -0.25) is 9.36 Å². The van der Waals surface area contributed by atoms with Gasteiger partial charge in [0.2, 0.25) is 5.91 Å². The lowest BCUT2D eigenvalue weighted by Gasteiger charge is -2.15. The zero-order valence-electron chi connectivity index (χ0n) is 14.4. The maximum atomic E-state index is 12.3. The molecule has 26 heavy (non-hydrogen) atoms. The van der Waals surface area contributed by atoms with E-state index in [0.717, 1.165) is 49.8 Å². The molecule has 2 aliphatic rings. The van der Waals surface area contributed by atoms with Crippen molar-refractivity contribution in [3.63, 3.8) is 0 Å². The summed E-state index contributed by atoms with van der Waals surface area (Å²) in [6.45, 7) is 2.07. The molecule has 1 saturated carbocycles. The van der Waals surface area contributed by atoms with Gasteiger partial charge in [0.25, 0.3) is 0 Å². The van der Waals surface area contributed by atoms with Crippen LogP contribution in [-0.4, -0.2) is 44.4 Å². The monoisotopic (exact) mass is 392 g/mol. The number of para-hydroxylation sites is 1. The van der Waals surface area contributed by atoms with Crippen LogP contribution in [0.4, 0.5) is 0 Å². The minimum atomic E-state index is 0.187. The van der Waals surface area contributed by atoms with Gasteiger partial charge in [-0.1, -0.05) is 35.5 Å². The number of hydrogen-bond donors (Lipinski definition) is 0. The summed E-state index contributed by atoms with van der Waals surface area (Å²) in [5.74, 6) is 2.02. The number of halogens is 1. The Kier molecular flexibility index (Phi) is 5.36. The molecule has 0 radical (unpaired) electrons. The Morgan fingerprint density at radius 1 is 1.23 bits per heavy atom. The molecule has 2 heterocycles. The van der Waals surface area contributed by atoms with Gasteiger partial charge in [-0.2, -0.15) is 0 Å². The Morgan fingerprint density at radius 3 is 2.73 bits per heavy atom. The highest BCUT2D eigenvalue weighted by atomic mass is 35.5. The second-order valence-corrected chi connectivity index (χ2v) is 7.95. The lowest BCUT2D eigenvalue weighted by atomic mass is 10.3. The number of aromatic nitrogens is 3. The van der Waals surface area contributed by atoms with E-state index in [2.05, 4.69) is 14.8 Å². The molecule has 0 N–H and O–H groups in total. The second kappa shape index (κ2) is 7.88. The molecule has 0 atom stereocenters. The molecule has 1 aromatic carbocycles. The third-order valence-electron chi connectivity index (χ3n) is 4.62. The van der Waals surface area contributed by atoms with Crippen molar-refractivity contribution < 1.29 is 9.53 Å². The van der Waals surface area contributed by atoms with Crippen LogP contribution in [0, 0.1) is 0 Å². The fraction of sp³-hybridized carbons (Fsp3) is 0.500. The fourth-order valence-corrected chi connectivity index (χ4v) is 4.21. The lowest BCUT2D eigenvalue weighted by Crippen LogP contribution is -2.29. The van der Waals surface area contributed by atoms with Gasteiger partial charge in [0.1, 0.15) is 12.4 Å². The van der Waals surface area contributed by atoms with Gasteiger partial charge in [-0.25, -0.2) is 0 Å². The highest BCUT2D eigenvalue weighted by Crippen LogP contribution is 2.39. The average molecular weight is 393 g/mol. The SMILES string of the molecule is O=C(CSc1nnc(COc2ccccc2Cl)n1C1CC1)N1CCCC1. The molecule has 1 aliphatic heterocycles. The van der Waals surface area contributed by atoms with Gasteiger partial charge in [0, 0.05) is 19.1 Å². The van der Waals surface area contributed by atoms with Gasteiger partial charge < -0.3 is 9.64 Å². The minimum Gasteiger partial charge on any atom is -0.484 e. The summed E-state index contributed by atoms with van der Waals surface area (Å²) in [6.07, 6.45) is 4.45. The first-order valence-electron chi connectivity index (χ1n) is 8.94. The number of carbonyl (C=O) groups excluding carboxylic acids is 1. The van der Waals surface area contributed by atoms with Crippen LogP contribution in [0.2, 0.25) is 5.02 Å². The van der Waals surface area contributed by atoms with Crippen molar-refractivity contribution in [3.8, 4) is 5.75 Å². The van der Waals surface area contributed by atoms with Gasteiger partial charge in [0.05, 0.1) is 10.8 Å². The molecule has 8 heteroatoms. The molecule has 2 aromatic rings. The van der Waals surface area contributed by atoms with Gasteiger partial charge in [-0.15, -0.1) is 10.2 Å². The van der Waals surface area contributed by atoms with E-state index in [0.29, 0.717) is 29.2 Å². The molecular formula is C18H21ClN4O2S. The summed E-state index contributed by atoms with van der Waals surface area (Å²) in [7, 11) is 0. The predicted octanol–water partition coefficient (Wildman–Crippen LogP) is 3.56. The number of nitrogens with zero attached hydrogens (tertiary/aromatic N) is 4. The standard InChI is InChI=1S/C18H21ClN4O2S/c19-14-5-1-2-6-15(14)25-11-16-20-21-18(23(16)13-7-8-13)26-12-17(24)22-9-3-4-10-22/h1-2,5-6,13H,3-4,7-12H2. The molecular weight excluding hydrogens is 372 g/mol. The molecule has 6 nitrogen and oxygen atoms in total. The Hall–Kier alpha value is -1.73. The molecule has 0 unspecified atom stereocenters. The van der Waals surface area contributed by atoms with Gasteiger partial charge >= 0.3 is 0 Å². The zero-order valence-corrected chi connectivity index (χ0v) is 16.0. The van der Waals surface area contributed by atoms with Crippen LogP contribution in [0.1, 0.15) is 37.5 Å². The molecule has 138 valence electrons. The Morgan fingerprint density at radius 2 is 2.00 bits per heavy atom. The lowest BCUT2D eigenvalue weighted by molar-refractivity contribution is -0.127. The Bertz CT molecular complexity index is 787. The zero-order chi connectivity index (χ0) is 17.9. The summed E-state index contributed by atoms with van der Waals surface area (Å²) < 4.78 is 7.95. The maximum Gasteiger partial charge on any atom is 0.233 e. The van der Waals surface area contributed by atoms with E-state index >= 15 is 0 Å². The molecule has 0 spiro atoms. The predicted molar refractivity (Wildman–Crippen MR) is 101 cm³/mol. The van der Waals surface area contributed by atoms with Crippen molar-refractivity contribution in [2.45, 2.75) is 43.5 Å². The normalized spacial score (nSPS) is 16.9. The van der Waals surface area contributed by atoms with Gasteiger partial charge in [-0.05, 0) is 37.8 Å². The smallest absolute Gasteiger partial charge is 0.233 e. The first kappa shape index (κ1) is 17.7. The summed E-state index contributed by atoms with van der Waals surface area (Å²) in [5, 5.41) is 9.98. The van der Waals surface area contributed by atoms with Crippen LogP contribution in [-0.2, 0) is 11.4 Å². The molecule has 1 aliphatic carbocycles. The number of likely N-dealkylation sites (tertiary alicyclic amines) is 1. The third kappa shape index (κ3) is 3.99. The third-order valence-corrected chi connectivity index (χ3v) is 5.86. The number of carbonyl (C=O) groups is 1. The molecule has 1 amide bonds. The van der Waals surface area contributed by atoms with E-state index in [1.807, 2.05) is 23.1 Å². The molecule has 1 saturated heterocycles. The quantitative estimate of drug-likeness (QED) is 0.674. The first-order valence-corrected chi connectivity index (χ1v) is 10.3. The number of benzene rings is 1. The highest BCUT2D eigenvalue weighted by molar-refractivity contribution is 7.99. The number of ether oxygens (including phenoxy) is 1. The minimum absolute atomic E-state index is 0.187. The average Bonchev–Trinajstić information content (AvgIpc) is 3.18. The molecule has 2 fully saturated rings. The summed E-state index contributed by atoms with van der Waals surface area (Å²) in [6, 6.07) is 7.81. The Balaban J connectivity index is 1.42. The summed E-state index contributed by atoms with van der Waals surface area (Å²) in [4.78, 5) is 14.2. The van der Waals surface area contributed by atoms with Crippen molar-refractivity contribution in [2.75, 3.05) is 18.8 Å². The number of amides is 1. The molecule has 0 bridgehead atoms. The van der Waals surface area contributed by atoms with Crippen LogP contribution in [0.3, 0.4) is 0 Å². The van der Waals surface area contributed by atoms with E-state index < -0.39 is 0 Å². The van der Waals surface area contributed by atoms with Crippen LogP contribution >= 0.6 is 23.4 Å². The van der Waals surface area contributed by atoms with E-state index in [1.165, 1.54) is 11.8 Å². The highest BCUT2D eigenvalue weighted by Gasteiger charge is 2.30. The van der Waals surface area contributed by atoms with Gasteiger partial charge in [0.15, 0.2) is 11.0 Å². The molecule has 4 rings (SSSR count). The number of rotatable bonds is 7. The van der Waals surface area contributed by atoms with Crippen LogP contribution in [0.15, 0.2) is 29.4 Å². The van der Waals surface area contributed by atoms with E-state index in [4.69, 9.17) is 16.3 Å². The van der Waals surface area contributed by atoms with Crippen LogP contribution in [0.5, 0.6) is 5.75 Å². The van der Waals surface area contributed by atoms with Crippen molar-refractivity contribution in [1.82, 2.24) is 19.7 Å². The Labute approximate surface area is 161 Å². The topological polar surface area (TPSA) is 60.2 Å². The number of thioether (sulfide) groups is 1. The number of hydrogen-bond acceptors (Lipinski definition) is 5. The van der Waals surface area contributed by atoms with Crippen molar-refractivity contribution in [1.29, 1.82) is 0 Å². The van der Waals surface area contributed by atoms with Crippen molar-refractivity contribution in [3.05, 3.63) is 35.1 Å². The second-order valence-electron chi connectivity index (χ2n) is 6.60.